The van der Waals surface area contributed by atoms with E-state index in [2.05, 4.69) is 0 Å². The molecule has 3 amide bonds. The number of likely N-dealkylation sites (tertiary alicyclic amines) is 1. The Morgan fingerprint density at radius 3 is 2.41 bits per heavy atom. The molecular formula is C16H18N2O4. The van der Waals surface area contributed by atoms with Crippen LogP contribution in [-0.4, -0.2) is 58.4 Å². The Morgan fingerprint density at radius 1 is 1.18 bits per heavy atom. The van der Waals surface area contributed by atoms with E-state index in [9.17, 15) is 19.5 Å². The largest absolute Gasteiger partial charge is 0.391 e. The number of nitrogens with zero attached hydrogens (tertiary/aromatic N) is 2. The third-order valence-corrected chi connectivity index (χ3v) is 4.18. The zero-order valence-electron chi connectivity index (χ0n) is 12.2. The van der Waals surface area contributed by atoms with Gasteiger partial charge in [-0.15, -0.1) is 0 Å². The van der Waals surface area contributed by atoms with E-state index < -0.39 is 6.10 Å². The van der Waals surface area contributed by atoms with Crippen LogP contribution < -0.4 is 0 Å². The second-order valence-electron chi connectivity index (χ2n) is 5.69. The molecule has 0 radical (unpaired) electrons. The fraction of sp³-hybridized carbons (Fsp3) is 0.438. The third kappa shape index (κ3) is 2.62. The van der Waals surface area contributed by atoms with Gasteiger partial charge in [0.25, 0.3) is 11.8 Å². The number of amides is 3. The lowest BCUT2D eigenvalue weighted by Gasteiger charge is -2.30. The molecule has 2 aliphatic rings. The van der Waals surface area contributed by atoms with Crippen LogP contribution in [0.4, 0.5) is 0 Å². The van der Waals surface area contributed by atoms with Crippen LogP contribution in [0.25, 0.3) is 0 Å². The van der Waals surface area contributed by atoms with Gasteiger partial charge < -0.3 is 10.0 Å². The van der Waals surface area contributed by atoms with Gasteiger partial charge in [0, 0.05) is 26.1 Å². The van der Waals surface area contributed by atoms with Gasteiger partial charge in [0.05, 0.1) is 17.2 Å². The van der Waals surface area contributed by atoms with E-state index in [0.29, 0.717) is 30.6 Å². The number of aliphatic hydroxyl groups excluding tert-OH is 1. The van der Waals surface area contributed by atoms with Crippen molar-refractivity contribution in [2.75, 3.05) is 19.6 Å². The summed E-state index contributed by atoms with van der Waals surface area (Å²) in [6.45, 7) is 1.04. The Morgan fingerprint density at radius 2 is 1.82 bits per heavy atom. The quantitative estimate of drug-likeness (QED) is 0.832. The number of piperidine rings is 1. The van der Waals surface area contributed by atoms with Crippen LogP contribution in [0.1, 0.15) is 40.0 Å². The zero-order valence-corrected chi connectivity index (χ0v) is 12.2. The first-order chi connectivity index (χ1) is 10.6. The molecule has 1 fully saturated rings. The van der Waals surface area contributed by atoms with E-state index in [1.54, 1.807) is 29.2 Å². The first-order valence-electron chi connectivity index (χ1n) is 7.49. The number of carbonyl (C=O) groups is 3. The molecule has 1 aromatic carbocycles. The Kier molecular flexibility index (Phi) is 3.94. The number of carbonyl (C=O) groups excluding carboxylic acids is 3. The summed E-state index contributed by atoms with van der Waals surface area (Å²) in [6, 6.07) is 6.68. The molecule has 1 aromatic rings. The fourth-order valence-electron chi connectivity index (χ4n) is 2.99. The van der Waals surface area contributed by atoms with Crippen LogP contribution >= 0.6 is 0 Å². The van der Waals surface area contributed by atoms with Gasteiger partial charge in [-0.1, -0.05) is 12.1 Å². The van der Waals surface area contributed by atoms with Gasteiger partial charge in [0.15, 0.2) is 0 Å². The Hall–Kier alpha value is -2.21. The Balaban J connectivity index is 1.62. The number of hydrogen-bond acceptors (Lipinski definition) is 4. The molecule has 3 rings (SSSR count). The predicted molar refractivity (Wildman–Crippen MR) is 78.2 cm³/mol. The molecule has 6 heteroatoms. The van der Waals surface area contributed by atoms with Crippen LogP contribution in [0, 0.1) is 0 Å². The molecule has 0 aliphatic carbocycles. The van der Waals surface area contributed by atoms with Crippen molar-refractivity contribution in [2.24, 2.45) is 0 Å². The molecule has 1 N–H and O–H groups in total. The van der Waals surface area contributed by atoms with Gasteiger partial charge in [-0.2, -0.15) is 0 Å². The van der Waals surface area contributed by atoms with E-state index in [4.69, 9.17) is 0 Å². The maximum Gasteiger partial charge on any atom is 0.261 e. The number of imide groups is 1. The summed E-state index contributed by atoms with van der Waals surface area (Å²) in [5.74, 6) is -0.811. The summed E-state index contributed by atoms with van der Waals surface area (Å²) in [6.07, 6.45) is 1.11. The highest BCUT2D eigenvalue weighted by Crippen LogP contribution is 2.22. The van der Waals surface area contributed by atoms with Crippen molar-refractivity contribution >= 4 is 17.7 Å². The van der Waals surface area contributed by atoms with Gasteiger partial charge >= 0.3 is 0 Å². The van der Waals surface area contributed by atoms with Gasteiger partial charge in [-0.3, -0.25) is 19.3 Å². The smallest absolute Gasteiger partial charge is 0.261 e. The van der Waals surface area contributed by atoms with Crippen LogP contribution in [0.2, 0.25) is 0 Å². The number of aliphatic hydroxyl groups is 1. The normalized spacial score (nSPS) is 21.2. The number of hydrogen-bond donors (Lipinski definition) is 1. The topological polar surface area (TPSA) is 77.9 Å². The molecule has 1 unspecified atom stereocenters. The van der Waals surface area contributed by atoms with E-state index >= 15 is 0 Å². The number of fused-ring (bicyclic) bond motifs is 1. The first kappa shape index (κ1) is 14.7. The van der Waals surface area contributed by atoms with Crippen LogP contribution in [0.15, 0.2) is 24.3 Å². The molecule has 2 aliphatic heterocycles. The summed E-state index contributed by atoms with van der Waals surface area (Å²) < 4.78 is 0. The van der Waals surface area contributed by atoms with Crippen molar-refractivity contribution < 1.29 is 19.5 Å². The maximum atomic E-state index is 12.2. The molecular weight excluding hydrogens is 284 g/mol. The second-order valence-corrected chi connectivity index (χ2v) is 5.69. The van der Waals surface area contributed by atoms with Gasteiger partial charge in [0.1, 0.15) is 0 Å². The zero-order chi connectivity index (χ0) is 15.7. The third-order valence-electron chi connectivity index (χ3n) is 4.18. The van der Waals surface area contributed by atoms with Crippen molar-refractivity contribution in [1.82, 2.24) is 9.80 Å². The Labute approximate surface area is 128 Å². The van der Waals surface area contributed by atoms with Gasteiger partial charge in [-0.25, -0.2) is 0 Å². The summed E-state index contributed by atoms with van der Waals surface area (Å²) >= 11 is 0. The first-order valence-corrected chi connectivity index (χ1v) is 7.49. The summed E-state index contributed by atoms with van der Waals surface area (Å²) in [4.78, 5) is 39.3. The van der Waals surface area contributed by atoms with Crippen LogP contribution in [0.3, 0.4) is 0 Å². The van der Waals surface area contributed by atoms with E-state index in [1.165, 1.54) is 0 Å². The molecule has 22 heavy (non-hydrogen) atoms. The summed E-state index contributed by atoms with van der Waals surface area (Å²) in [5.41, 5.74) is 0.793. The number of β-amino-alcohol motifs (C(OH)–C–C–N with tert-alkyl or cyclic N) is 1. The van der Waals surface area contributed by atoms with Crippen molar-refractivity contribution in [3.63, 3.8) is 0 Å². The van der Waals surface area contributed by atoms with E-state index in [1.807, 2.05) is 0 Å². The molecule has 1 saturated heterocycles. The molecule has 0 saturated carbocycles. The minimum absolute atomic E-state index is 0.0811. The van der Waals surface area contributed by atoms with Crippen molar-refractivity contribution in [3.05, 3.63) is 35.4 Å². The summed E-state index contributed by atoms with van der Waals surface area (Å²) in [5, 5.41) is 9.60. The average Bonchev–Trinajstić information content (AvgIpc) is 2.77. The second kappa shape index (κ2) is 5.88. The molecule has 0 spiro atoms. The van der Waals surface area contributed by atoms with Crippen LogP contribution in [0.5, 0.6) is 0 Å². The minimum Gasteiger partial charge on any atom is -0.391 e. The maximum absolute atomic E-state index is 12.2. The van der Waals surface area contributed by atoms with E-state index in [0.717, 1.165) is 11.3 Å². The lowest BCUT2D eigenvalue weighted by atomic mass is 10.1. The summed E-state index contributed by atoms with van der Waals surface area (Å²) in [7, 11) is 0. The molecule has 6 nitrogen and oxygen atoms in total. The molecule has 0 aromatic heterocycles. The highest BCUT2D eigenvalue weighted by atomic mass is 16.3. The molecule has 0 bridgehead atoms. The number of rotatable bonds is 3. The monoisotopic (exact) mass is 302 g/mol. The minimum atomic E-state index is -0.475. The molecule has 1 atom stereocenters. The lowest BCUT2D eigenvalue weighted by Crippen LogP contribution is -2.43. The predicted octanol–water partition coefficient (Wildman–Crippen LogP) is 0.656. The van der Waals surface area contributed by atoms with Crippen molar-refractivity contribution in [2.45, 2.75) is 25.4 Å². The lowest BCUT2D eigenvalue weighted by molar-refractivity contribution is -0.134. The fourth-order valence-corrected chi connectivity index (χ4v) is 2.99. The highest BCUT2D eigenvalue weighted by Gasteiger charge is 2.35. The number of benzene rings is 1. The molecule has 2 heterocycles. The van der Waals surface area contributed by atoms with Crippen molar-refractivity contribution in [3.8, 4) is 0 Å². The van der Waals surface area contributed by atoms with E-state index in [-0.39, 0.29) is 30.7 Å². The van der Waals surface area contributed by atoms with Gasteiger partial charge in [0.2, 0.25) is 5.91 Å². The van der Waals surface area contributed by atoms with Gasteiger partial charge in [-0.05, 0) is 25.0 Å². The van der Waals surface area contributed by atoms with Crippen LogP contribution in [-0.2, 0) is 4.79 Å². The average molecular weight is 302 g/mol. The SMILES string of the molecule is O=C(CCN1C(=O)c2ccccc2C1=O)N1CCCC(O)C1. The highest BCUT2D eigenvalue weighted by molar-refractivity contribution is 6.21. The van der Waals surface area contributed by atoms with Crippen molar-refractivity contribution in [1.29, 1.82) is 0 Å². The Bertz CT molecular complexity index is 593. The molecule has 116 valence electrons. The standard InChI is InChI=1S/C16H18N2O4/c19-11-4-3-8-17(10-11)14(20)7-9-18-15(21)12-5-1-2-6-13(12)16(18)22/h1-2,5-6,11,19H,3-4,7-10H2.